The van der Waals surface area contributed by atoms with Crippen LogP contribution in [0.5, 0.6) is 6.01 Å². The van der Waals surface area contributed by atoms with Crippen LogP contribution in [0.1, 0.15) is 19.3 Å². The number of rotatable bonds is 5. The van der Waals surface area contributed by atoms with Gasteiger partial charge in [-0.2, -0.15) is 10.9 Å². The molecule has 7 heteroatoms. The molecule has 0 spiro atoms. The topological polar surface area (TPSA) is 90.2 Å². The number of carbonyl (C=O) groups is 1. The number of hydrogen-bond donors (Lipinski definition) is 2. The number of hydrogen-bond acceptors (Lipinski definition) is 5. The minimum atomic E-state index is -0.393. The number of imidazole rings is 1. The number of aromatic amines is 1. The van der Waals surface area contributed by atoms with Crippen molar-refractivity contribution in [2.45, 2.75) is 25.4 Å². The highest BCUT2D eigenvalue weighted by Crippen LogP contribution is 2.34. The molecule has 1 fully saturated rings. The van der Waals surface area contributed by atoms with Gasteiger partial charge < -0.3 is 14.6 Å². The molecule has 0 amide bonds. The zero-order valence-electron chi connectivity index (χ0n) is 17.3. The van der Waals surface area contributed by atoms with Gasteiger partial charge in [-0.15, -0.1) is 0 Å². The van der Waals surface area contributed by atoms with Crippen molar-refractivity contribution in [3.8, 4) is 28.3 Å². The molecule has 162 valence electrons. The second kappa shape index (κ2) is 8.65. The summed E-state index contributed by atoms with van der Waals surface area (Å²) >= 11 is 6.59. The van der Waals surface area contributed by atoms with Crippen LogP contribution in [-0.2, 0) is 9.63 Å². The molecule has 5 rings (SSSR count). The minimum absolute atomic E-state index is 0.111. The summed E-state index contributed by atoms with van der Waals surface area (Å²) in [4.78, 5) is 23.7. The van der Waals surface area contributed by atoms with Crippen molar-refractivity contribution >= 4 is 28.6 Å². The van der Waals surface area contributed by atoms with E-state index in [4.69, 9.17) is 22.2 Å². The second-order valence-electron chi connectivity index (χ2n) is 8.02. The van der Waals surface area contributed by atoms with Gasteiger partial charge in [-0.05, 0) is 48.1 Å². The molecule has 2 atom stereocenters. The van der Waals surface area contributed by atoms with Gasteiger partial charge in [0.25, 0.3) is 6.01 Å². The van der Waals surface area contributed by atoms with Crippen LogP contribution in [0, 0.1) is 5.92 Å². The Hall–Kier alpha value is -3.35. The maximum atomic E-state index is 11.6. The number of H-pyrrole nitrogens is 1. The maximum Gasteiger partial charge on any atom is 0.327 e. The molecule has 1 heterocycles. The van der Waals surface area contributed by atoms with Gasteiger partial charge in [-0.3, -0.25) is 4.79 Å². The fourth-order valence-corrected chi connectivity index (χ4v) is 4.54. The first kappa shape index (κ1) is 20.5. The van der Waals surface area contributed by atoms with Gasteiger partial charge in [-0.1, -0.05) is 66.2 Å². The molecule has 1 aromatic heterocycles. The van der Waals surface area contributed by atoms with Gasteiger partial charge in [0.1, 0.15) is 6.10 Å². The quantitative estimate of drug-likeness (QED) is 0.393. The number of fused-ring (bicyclic) bond motifs is 1. The highest BCUT2D eigenvalue weighted by molar-refractivity contribution is 6.34. The highest BCUT2D eigenvalue weighted by atomic mass is 35.5. The van der Waals surface area contributed by atoms with E-state index >= 15 is 0 Å². The summed E-state index contributed by atoms with van der Waals surface area (Å²) in [6, 6.07) is 22.8. The van der Waals surface area contributed by atoms with Gasteiger partial charge in [0, 0.05) is 5.56 Å². The van der Waals surface area contributed by atoms with Gasteiger partial charge in [0.15, 0.2) is 0 Å². The summed E-state index contributed by atoms with van der Waals surface area (Å²) in [7, 11) is 0. The van der Waals surface area contributed by atoms with Crippen LogP contribution < -0.4 is 10.6 Å². The highest BCUT2D eigenvalue weighted by Gasteiger charge is 2.32. The molecule has 32 heavy (non-hydrogen) atoms. The molecular weight excluding hydrogens is 426 g/mol. The SMILES string of the molecule is NOC(=O)C1CCC(Oc2nc3cc(-c4ccc(-c5ccccc5)cc4)c(Cl)cc3[nH]2)C1. The van der Waals surface area contributed by atoms with Crippen LogP contribution in [0.25, 0.3) is 33.3 Å². The van der Waals surface area contributed by atoms with Crippen molar-refractivity contribution in [2.24, 2.45) is 11.8 Å². The van der Waals surface area contributed by atoms with E-state index in [-0.39, 0.29) is 12.0 Å². The van der Waals surface area contributed by atoms with Crippen molar-refractivity contribution in [3.63, 3.8) is 0 Å². The second-order valence-corrected chi connectivity index (χ2v) is 8.43. The number of nitrogens with zero attached hydrogens (tertiary/aromatic N) is 1. The molecule has 0 radical (unpaired) electrons. The molecule has 3 aromatic carbocycles. The van der Waals surface area contributed by atoms with E-state index in [1.54, 1.807) is 0 Å². The van der Waals surface area contributed by atoms with Crippen LogP contribution in [0.15, 0.2) is 66.7 Å². The Morgan fingerprint density at radius 2 is 1.72 bits per heavy atom. The number of carbonyl (C=O) groups excluding carboxylic acids is 1. The lowest BCUT2D eigenvalue weighted by molar-refractivity contribution is -0.149. The van der Waals surface area contributed by atoms with Crippen LogP contribution in [0.4, 0.5) is 0 Å². The average Bonchev–Trinajstić information content (AvgIpc) is 3.45. The number of halogens is 1. The van der Waals surface area contributed by atoms with E-state index in [1.807, 2.05) is 30.3 Å². The third-order valence-corrected chi connectivity index (χ3v) is 6.28. The monoisotopic (exact) mass is 447 g/mol. The van der Waals surface area contributed by atoms with Crippen LogP contribution in [0.2, 0.25) is 5.02 Å². The Balaban J connectivity index is 1.36. The molecule has 0 bridgehead atoms. The van der Waals surface area contributed by atoms with E-state index in [0.29, 0.717) is 23.9 Å². The zero-order chi connectivity index (χ0) is 22.1. The Morgan fingerprint density at radius 1 is 1.00 bits per heavy atom. The maximum absolute atomic E-state index is 11.6. The molecule has 4 aromatic rings. The van der Waals surface area contributed by atoms with Gasteiger partial charge in [-0.25, -0.2) is 0 Å². The van der Waals surface area contributed by atoms with E-state index in [9.17, 15) is 4.79 Å². The first-order chi connectivity index (χ1) is 15.6. The Kier molecular flexibility index (Phi) is 5.55. The van der Waals surface area contributed by atoms with Gasteiger partial charge in [0.2, 0.25) is 0 Å². The fourth-order valence-electron chi connectivity index (χ4n) is 4.27. The Labute approximate surface area is 190 Å². The number of nitrogens with one attached hydrogen (secondary N) is 1. The minimum Gasteiger partial charge on any atom is -0.461 e. The molecule has 1 aliphatic rings. The molecular formula is C25H22ClN3O3. The number of nitrogens with two attached hydrogens (primary N) is 1. The Bertz CT molecular complexity index is 1250. The summed E-state index contributed by atoms with van der Waals surface area (Å²) in [5.74, 6) is 4.37. The lowest BCUT2D eigenvalue weighted by Gasteiger charge is -2.10. The van der Waals surface area contributed by atoms with Crippen molar-refractivity contribution in [1.82, 2.24) is 9.97 Å². The first-order valence-electron chi connectivity index (χ1n) is 10.5. The lowest BCUT2D eigenvalue weighted by Crippen LogP contribution is -2.20. The van der Waals surface area contributed by atoms with Gasteiger partial charge >= 0.3 is 5.97 Å². The predicted octanol–water partition coefficient (Wildman–Crippen LogP) is 5.51. The summed E-state index contributed by atoms with van der Waals surface area (Å²) in [6.45, 7) is 0. The van der Waals surface area contributed by atoms with E-state index in [1.165, 1.54) is 5.56 Å². The van der Waals surface area contributed by atoms with Crippen molar-refractivity contribution < 1.29 is 14.4 Å². The van der Waals surface area contributed by atoms with E-state index in [2.05, 4.69) is 51.2 Å². The number of ether oxygens (including phenoxy) is 1. The normalized spacial score (nSPS) is 18.1. The summed E-state index contributed by atoms with van der Waals surface area (Å²) < 4.78 is 5.98. The summed E-state index contributed by atoms with van der Waals surface area (Å²) in [5, 5.41) is 0.631. The van der Waals surface area contributed by atoms with Crippen LogP contribution in [-0.4, -0.2) is 22.0 Å². The van der Waals surface area contributed by atoms with E-state index in [0.717, 1.165) is 34.1 Å². The van der Waals surface area contributed by atoms with Crippen molar-refractivity contribution in [3.05, 3.63) is 71.8 Å². The van der Waals surface area contributed by atoms with Gasteiger partial charge in [0.05, 0.1) is 22.0 Å². The molecule has 0 aliphatic heterocycles. The molecule has 1 saturated carbocycles. The van der Waals surface area contributed by atoms with Crippen molar-refractivity contribution in [2.75, 3.05) is 0 Å². The summed E-state index contributed by atoms with van der Waals surface area (Å²) in [5.41, 5.74) is 5.80. The standard InChI is InChI=1S/C25H22ClN3O3/c26-21-14-23-22(28-25(29-23)31-19-11-10-18(12-19)24(30)32-27)13-20(21)17-8-6-16(7-9-17)15-4-2-1-3-5-15/h1-9,13-14,18-19H,10-12,27H2,(H,28,29). The fraction of sp³-hybridized carbons (Fsp3) is 0.200. The first-order valence-corrected chi connectivity index (χ1v) is 10.9. The van der Waals surface area contributed by atoms with E-state index < -0.39 is 5.97 Å². The Morgan fingerprint density at radius 3 is 2.47 bits per heavy atom. The zero-order valence-corrected chi connectivity index (χ0v) is 18.0. The lowest BCUT2D eigenvalue weighted by atomic mass is 10.00. The largest absolute Gasteiger partial charge is 0.461 e. The molecule has 6 nitrogen and oxygen atoms in total. The molecule has 3 N–H and O–H groups in total. The van der Waals surface area contributed by atoms with Crippen molar-refractivity contribution in [1.29, 1.82) is 0 Å². The molecule has 0 saturated heterocycles. The van der Waals surface area contributed by atoms with Crippen LogP contribution in [0.3, 0.4) is 0 Å². The molecule has 2 unspecified atom stereocenters. The van der Waals surface area contributed by atoms with Crippen LogP contribution >= 0.6 is 11.6 Å². The molecule has 1 aliphatic carbocycles. The third kappa shape index (κ3) is 4.07. The predicted molar refractivity (Wildman–Crippen MR) is 124 cm³/mol. The smallest absolute Gasteiger partial charge is 0.327 e. The number of benzene rings is 3. The summed E-state index contributed by atoms with van der Waals surface area (Å²) in [6.07, 6.45) is 1.89. The average molecular weight is 448 g/mol. The third-order valence-electron chi connectivity index (χ3n) is 5.96. The number of aromatic nitrogens is 2.